The second-order valence-electron chi connectivity index (χ2n) is 6.59. The normalized spacial score (nSPS) is 13.4. The van der Waals surface area contributed by atoms with Crippen LogP contribution in [0.3, 0.4) is 0 Å². The van der Waals surface area contributed by atoms with Crippen molar-refractivity contribution in [2.45, 2.75) is 33.7 Å². The number of quaternary nitrogens is 1. The van der Waals surface area contributed by atoms with Crippen LogP contribution in [0.15, 0.2) is 36.4 Å². The summed E-state index contributed by atoms with van der Waals surface area (Å²) in [5, 5.41) is 3.81. The molecular weight excluding hydrogens is 320 g/mol. The maximum absolute atomic E-state index is 12.5. The van der Waals surface area contributed by atoms with E-state index in [-0.39, 0.29) is 11.9 Å². The summed E-state index contributed by atoms with van der Waals surface area (Å²) in [6.45, 7) is 8.59. The van der Waals surface area contributed by atoms with Crippen molar-refractivity contribution in [3.05, 3.63) is 63.7 Å². The maximum atomic E-state index is 12.5. The number of halogens is 1. The molecule has 3 nitrogen and oxygen atoms in total. The number of hydrogen-bond acceptors (Lipinski definition) is 1. The molecule has 0 radical (unpaired) electrons. The quantitative estimate of drug-likeness (QED) is 0.854. The molecule has 2 rings (SSSR count). The Balaban J connectivity index is 2.06. The Morgan fingerprint density at radius 3 is 2.33 bits per heavy atom. The lowest BCUT2D eigenvalue weighted by molar-refractivity contribution is -0.902. The number of carbonyl (C=O) groups excluding carboxylic acids is 1. The molecule has 0 spiro atoms. The number of likely N-dealkylation sites (N-methyl/N-ethyl adjacent to an activating group) is 1. The van der Waals surface area contributed by atoms with Gasteiger partial charge in [0, 0.05) is 16.3 Å². The van der Waals surface area contributed by atoms with Gasteiger partial charge >= 0.3 is 0 Å². The number of amides is 1. The summed E-state index contributed by atoms with van der Waals surface area (Å²) >= 11 is 6.27. The van der Waals surface area contributed by atoms with Crippen LogP contribution in [0.2, 0.25) is 5.02 Å². The summed E-state index contributed by atoms with van der Waals surface area (Å²) < 4.78 is 0. The van der Waals surface area contributed by atoms with Gasteiger partial charge < -0.3 is 10.2 Å². The minimum absolute atomic E-state index is 0.0152. The van der Waals surface area contributed by atoms with Gasteiger partial charge in [-0.25, -0.2) is 0 Å². The number of benzene rings is 2. The zero-order chi connectivity index (χ0) is 17.9. The fourth-order valence-corrected chi connectivity index (χ4v) is 3.36. The van der Waals surface area contributed by atoms with Crippen LogP contribution in [0, 0.1) is 20.8 Å². The van der Waals surface area contributed by atoms with Crippen molar-refractivity contribution in [3.8, 4) is 0 Å². The van der Waals surface area contributed by atoms with Gasteiger partial charge in [0.15, 0.2) is 6.54 Å². The fraction of sp³-hybridized carbons (Fsp3) is 0.350. The molecule has 0 fully saturated rings. The van der Waals surface area contributed by atoms with E-state index in [1.807, 2.05) is 45.2 Å². The maximum Gasteiger partial charge on any atom is 0.279 e. The molecule has 0 heterocycles. The molecule has 128 valence electrons. The van der Waals surface area contributed by atoms with Crippen molar-refractivity contribution in [1.29, 1.82) is 0 Å². The van der Waals surface area contributed by atoms with Gasteiger partial charge in [0.05, 0.1) is 7.05 Å². The molecule has 0 saturated carbocycles. The molecule has 24 heavy (non-hydrogen) atoms. The number of hydrogen-bond donors (Lipinski definition) is 2. The molecule has 0 bridgehead atoms. The van der Waals surface area contributed by atoms with E-state index in [9.17, 15) is 4.79 Å². The van der Waals surface area contributed by atoms with Gasteiger partial charge in [-0.05, 0) is 44.9 Å². The highest BCUT2D eigenvalue weighted by molar-refractivity contribution is 6.31. The van der Waals surface area contributed by atoms with Gasteiger partial charge in [0.1, 0.15) is 6.04 Å². The topological polar surface area (TPSA) is 33.5 Å². The van der Waals surface area contributed by atoms with Crippen LogP contribution in [0.5, 0.6) is 0 Å². The molecule has 0 saturated heterocycles. The summed E-state index contributed by atoms with van der Waals surface area (Å²) in [4.78, 5) is 13.6. The Labute approximate surface area is 149 Å². The van der Waals surface area contributed by atoms with E-state index < -0.39 is 0 Å². The zero-order valence-corrected chi connectivity index (χ0v) is 15.8. The number of carbonyl (C=O) groups is 1. The first-order valence-electron chi connectivity index (χ1n) is 8.24. The van der Waals surface area contributed by atoms with E-state index in [4.69, 9.17) is 11.6 Å². The lowest BCUT2D eigenvalue weighted by Crippen LogP contribution is -3.10. The zero-order valence-electron chi connectivity index (χ0n) is 15.0. The Bertz CT molecular complexity index is 719. The second kappa shape index (κ2) is 7.82. The number of aryl methyl sites for hydroxylation is 3. The van der Waals surface area contributed by atoms with Crippen LogP contribution in [0.4, 0.5) is 5.69 Å². The molecule has 2 aromatic carbocycles. The number of anilines is 1. The van der Waals surface area contributed by atoms with Gasteiger partial charge in [0.25, 0.3) is 5.91 Å². The van der Waals surface area contributed by atoms with Crippen LogP contribution in [-0.4, -0.2) is 19.5 Å². The predicted molar refractivity (Wildman–Crippen MR) is 101 cm³/mol. The van der Waals surface area contributed by atoms with Crippen LogP contribution >= 0.6 is 11.6 Å². The van der Waals surface area contributed by atoms with Crippen molar-refractivity contribution in [3.63, 3.8) is 0 Å². The Kier molecular flexibility index (Phi) is 6.03. The van der Waals surface area contributed by atoms with Crippen molar-refractivity contribution in [2.24, 2.45) is 0 Å². The largest absolute Gasteiger partial charge is 0.324 e. The Hall–Kier alpha value is -1.84. The first kappa shape index (κ1) is 18.5. The third-order valence-electron chi connectivity index (χ3n) is 4.49. The SMILES string of the molecule is Cc1cc(C)c(NC(=O)C[NH+](C)[C@H](C)c2ccccc2Cl)c(C)c1. The smallest absolute Gasteiger partial charge is 0.279 e. The average Bonchev–Trinajstić information content (AvgIpc) is 2.50. The molecule has 1 unspecified atom stereocenters. The van der Waals surface area contributed by atoms with Crippen molar-refractivity contribution in [1.82, 2.24) is 0 Å². The van der Waals surface area contributed by atoms with Gasteiger partial charge in [0.2, 0.25) is 0 Å². The van der Waals surface area contributed by atoms with E-state index in [0.717, 1.165) is 32.3 Å². The second-order valence-corrected chi connectivity index (χ2v) is 7.00. The Morgan fingerprint density at radius 2 is 1.75 bits per heavy atom. The molecule has 0 aliphatic heterocycles. The molecule has 0 aliphatic carbocycles. The van der Waals surface area contributed by atoms with Crippen LogP contribution in [0.1, 0.15) is 35.2 Å². The monoisotopic (exact) mass is 345 g/mol. The first-order valence-corrected chi connectivity index (χ1v) is 8.61. The molecule has 0 aliphatic rings. The van der Waals surface area contributed by atoms with Gasteiger partial charge in [-0.3, -0.25) is 4.79 Å². The summed E-state index contributed by atoms with van der Waals surface area (Å²) in [5.41, 5.74) is 5.38. The molecule has 2 aromatic rings. The van der Waals surface area contributed by atoms with Crippen LogP contribution in [-0.2, 0) is 4.79 Å². The van der Waals surface area contributed by atoms with E-state index >= 15 is 0 Å². The highest BCUT2D eigenvalue weighted by atomic mass is 35.5. The van der Waals surface area contributed by atoms with E-state index in [2.05, 4.69) is 31.3 Å². The highest BCUT2D eigenvalue weighted by Crippen LogP contribution is 2.22. The molecule has 2 N–H and O–H groups in total. The van der Waals surface area contributed by atoms with Crippen molar-refractivity contribution >= 4 is 23.2 Å². The standard InChI is InChI=1S/C20H25ClN2O/c1-13-10-14(2)20(15(3)11-13)22-19(24)12-23(5)16(4)17-8-6-7-9-18(17)21/h6-11,16H,12H2,1-5H3,(H,22,24)/p+1/t16-/m1/s1. The third-order valence-corrected chi connectivity index (χ3v) is 4.84. The minimum atomic E-state index is 0.0152. The molecule has 4 heteroatoms. The van der Waals surface area contributed by atoms with E-state index in [1.165, 1.54) is 5.56 Å². The first-order chi connectivity index (χ1) is 11.3. The molecule has 1 amide bonds. The van der Waals surface area contributed by atoms with E-state index in [1.54, 1.807) is 0 Å². The summed E-state index contributed by atoms with van der Waals surface area (Å²) in [6, 6.07) is 12.1. The van der Waals surface area contributed by atoms with Crippen molar-refractivity contribution < 1.29 is 9.69 Å². The van der Waals surface area contributed by atoms with Crippen LogP contribution in [0.25, 0.3) is 0 Å². The van der Waals surface area contributed by atoms with Gasteiger partial charge in [-0.2, -0.15) is 0 Å². The number of rotatable bonds is 5. The van der Waals surface area contributed by atoms with Crippen LogP contribution < -0.4 is 10.2 Å². The lowest BCUT2D eigenvalue weighted by Gasteiger charge is -2.23. The fourth-order valence-electron chi connectivity index (χ4n) is 3.06. The van der Waals surface area contributed by atoms with Gasteiger partial charge in [-0.1, -0.05) is 47.5 Å². The summed E-state index contributed by atoms with van der Waals surface area (Å²) in [5.74, 6) is 0.0152. The third kappa shape index (κ3) is 4.37. The van der Waals surface area contributed by atoms with Crippen molar-refractivity contribution in [2.75, 3.05) is 18.9 Å². The summed E-state index contributed by atoms with van der Waals surface area (Å²) in [7, 11) is 2.02. The lowest BCUT2D eigenvalue weighted by atomic mass is 10.0. The molecule has 2 atom stereocenters. The average molecular weight is 346 g/mol. The number of nitrogens with one attached hydrogen (secondary N) is 2. The molecular formula is C20H26ClN2O+. The highest BCUT2D eigenvalue weighted by Gasteiger charge is 2.21. The minimum Gasteiger partial charge on any atom is -0.324 e. The van der Waals surface area contributed by atoms with Gasteiger partial charge in [-0.15, -0.1) is 0 Å². The molecule has 0 aromatic heterocycles. The summed E-state index contributed by atoms with van der Waals surface area (Å²) in [6.07, 6.45) is 0. The Morgan fingerprint density at radius 1 is 1.17 bits per heavy atom. The van der Waals surface area contributed by atoms with E-state index in [0.29, 0.717) is 6.54 Å². The predicted octanol–water partition coefficient (Wildman–Crippen LogP) is 3.48.